The van der Waals surface area contributed by atoms with Crippen LogP contribution in [0.4, 0.5) is 10.1 Å². The molecule has 1 aliphatic rings. The van der Waals surface area contributed by atoms with Crippen molar-refractivity contribution in [2.24, 2.45) is 0 Å². The van der Waals surface area contributed by atoms with Crippen LogP contribution in [0.2, 0.25) is 0 Å². The van der Waals surface area contributed by atoms with E-state index in [1.54, 1.807) is 31.2 Å². The summed E-state index contributed by atoms with van der Waals surface area (Å²) in [7, 11) is 0. The number of anilines is 1. The molecule has 9 heteroatoms. The lowest BCUT2D eigenvalue weighted by Crippen LogP contribution is -2.38. The Balaban J connectivity index is 1.38. The van der Waals surface area contributed by atoms with Crippen LogP contribution >= 0.6 is 0 Å². The molecule has 1 N–H and O–H groups in total. The lowest BCUT2D eigenvalue weighted by atomic mass is 10.1. The number of nitrogens with one attached hydrogen (secondary N) is 1. The second-order valence-corrected chi connectivity index (χ2v) is 6.38. The SMILES string of the molecule is C[C@H](OC(=O)C[C@@H]1Oc2ccccc2NC1=O)c1nnc(-c2ccc(F)cc2)o1. The summed E-state index contributed by atoms with van der Waals surface area (Å²) in [5.74, 6) is -0.721. The molecule has 1 amide bonds. The first-order valence-corrected chi connectivity index (χ1v) is 8.85. The number of para-hydroxylation sites is 2. The van der Waals surface area contributed by atoms with E-state index < -0.39 is 24.1 Å². The van der Waals surface area contributed by atoms with E-state index in [1.807, 2.05) is 0 Å². The fraction of sp³-hybridized carbons (Fsp3) is 0.200. The van der Waals surface area contributed by atoms with E-state index in [4.69, 9.17) is 13.9 Å². The highest BCUT2D eigenvalue weighted by atomic mass is 19.1. The van der Waals surface area contributed by atoms with Crippen LogP contribution < -0.4 is 10.1 Å². The third-order valence-corrected chi connectivity index (χ3v) is 4.25. The van der Waals surface area contributed by atoms with Gasteiger partial charge in [-0.25, -0.2) is 4.39 Å². The first-order chi connectivity index (χ1) is 14.0. The van der Waals surface area contributed by atoms with Gasteiger partial charge in [-0.1, -0.05) is 12.1 Å². The molecule has 1 aromatic heterocycles. The van der Waals surface area contributed by atoms with Crippen LogP contribution in [0.1, 0.15) is 25.3 Å². The fourth-order valence-corrected chi connectivity index (χ4v) is 2.78. The van der Waals surface area contributed by atoms with Gasteiger partial charge in [0.05, 0.1) is 12.1 Å². The fourth-order valence-electron chi connectivity index (χ4n) is 2.78. The predicted molar refractivity (Wildman–Crippen MR) is 98.3 cm³/mol. The van der Waals surface area contributed by atoms with Crippen LogP contribution in [0, 0.1) is 5.82 Å². The number of hydrogen-bond donors (Lipinski definition) is 1. The molecule has 148 valence electrons. The highest BCUT2D eigenvalue weighted by molar-refractivity contribution is 5.99. The summed E-state index contributed by atoms with van der Waals surface area (Å²) in [6.07, 6.45) is -2.10. The largest absolute Gasteiger partial charge is 0.478 e. The van der Waals surface area contributed by atoms with Crippen LogP contribution in [0.5, 0.6) is 5.75 Å². The van der Waals surface area contributed by atoms with Crippen LogP contribution in [-0.4, -0.2) is 28.2 Å². The van der Waals surface area contributed by atoms with Crippen molar-refractivity contribution < 1.29 is 27.9 Å². The van der Waals surface area contributed by atoms with Gasteiger partial charge < -0.3 is 19.2 Å². The standard InChI is InChI=1S/C20H16FN3O5/c1-11(19-23-24-20(29-19)12-6-8-13(21)9-7-12)27-17(25)10-16-18(26)22-14-4-2-3-5-15(14)28-16/h2-9,11,16H,10H2,1H3,(H,22,26)/t11-,16-/m0/s1. The summed E-state index contributed by atoms with van der Waals surface area (Å²) in [6, 6.07) is 12.5. The van der Waals surface area contributed by atoms with E-state index in [0.29, 0.717) is 17.0 Å². The molecule has 0 aliphatic carbocycles. The molecular formula is C20H16FN3O5. The van der Waals surface area contributed by atoms with Crippen molar-refractivity contribution in [2.75, 3.05) is 5.32 Å². The van der Waals surface area contributed by atoms with Crippen molar-refractivity contribution in [3.63, 3.8) is 0 Å². The molecule has 2 atom stereocenters. The molecule has 0 saturated carbocycles. The first-order valence-electron chi connectivity index (χ1n) is 8.85. The highest BCUT2D eigenvalue weighted by Gasteiger charge is 2.31. The van der Waals surface area contributed by atoms with Gasteiger partial charge in [0, 0.05) is 5.56 Å². The van der Waals surface area contributed by atoms with Crippen LogP contribution in [0.25, 0.3) is 11.5 Å². The number of benzene rings is 2. The Kier molecular flexibility index (Phi) is 4.94. The van der Waals surface area contributed by atoms with Crippen molar-refractivity contribution >= 4 is 17.6 Å². The number of nitrogens with zero attached hydrogens (tertiary/aromatic N) is 2. The molecule has 0 spiro atoms. The molecule has 2 heterocycles. The molecule has 0 unspecified atom stereocenters. The Morgan fingerprint density at radius 1 is 1.21 bits per heavy atom. The van der Waals surface area contributed by atoms with Gasteiger partial charge in [0.15, 0.2) is 12.2 Å². The van der Waals surface area contributed by atoms with Gasteiger partial charge in [-0.3, -0.25) is 9.59 Å². The van der Waals surface area contributed by atoms with Crippen LogP contribution in [0.3, 0.4) is 0 Å². The van der Waals surface area contributed by atoms with Gasteiger partial charge in [-0.15, -0.1) is 10.2 Å². The van der Waals surface area contributed by atoms with Gasteiger partial charge >= 0.3 is 5.97 Å². The van der Waals surface area contributed by atoms with Crippen molar-refractivity contribution in [1.82, 2.24) is 10.2 Å². The third-order valence-electron chi connectivity index (χ3n) is 4.25. The summed E-state index contributed by atoms with van der Waals surface area (Å²) in [6.45, 7) is 1.57. The maximum atomic E-state index is 13.0. The summed E-state index contributed by atoms with van der Waals surface area (Å²) in [5, 5.41) is 10.4. The monoisotopic (exact) mass is 397 g/mol. The Morgan fingerprint density at radius 2 is 1.97 bits per heavy atom. The zero-order valence-electron chi connectivity index (χ0n) is 15.3. The maximum absolute atomic E-state index is 13.0. The molecule has 29 heavy (non-hydrogen) atoms. The van der Waals surface area contributed by atoms with Crippen molar-refractivity contribution in [1.29, 1.82) is 0 Å². The molecule has 0 fully saturated rings. The van der Waals surface area contributed by atoms with Gasteiger partial charge in [0.1, 0.15) is 11.6 Å². The quantitative estimate of drug-likeness (QED) is 0.659. The molecule has 1 aliphatic heterocycles. The Labute approximate surface area is 164 Å². The average molecular weight is 397 g/mol. The summed E-state index contributed by atoms with van der Waals surface area (Å²) in [4.78, 5) is 24.4. The number of ether oxygens (including phenoxy) is 2. The summed E-state index contributed by atoms with van der Waals surface area (Å²) < 4.78 is 29.4. The normalized spacial score (nSPS) is 16.3. The van der Waals surface area contributed by atoms with E-state index in [-0.39, 0.29) is 24.0 Å². The van der Waals surface area contributed by atoms with Gasteiger partial charge in [0.2, 0.25) is 5.89 Å². The average Bonchev–Trinajstić information content (AvgIpc) is 3.19. The second-order valence-electron chi connectivity index (χ2n) is 6.38. The smallest absolute Gasteiger partial charge is 0.310 e. The van der Waals surface area contributed by atoms with E-state index in [2.05, 4.69) is 15.5 Å². The van der Waals surface area contributed by atoms with E-state index in [9.17, 15) is 14.0 Å². The minimum Gasteiger partial charge on any atom is -0.478 e. The Hall–Kier alpha value is -3.75. The number of halogens is 1. The number of rotatable bonds is 5. The number of carbonyl (C=O) groups excluding carboxylic acids is 2. The topological polar surface area (TPSA) is 104 Å². The summed E-state index contributed by atoms with van der Waals surface area (Å²) >= 11 is 0. The molecule has 0 radical (unpaired) electrons. The molecule has 0 saturated heterocycles. The number of carbonyl (C=O) groups is 2. The van der Waals surface area contributed by atoms with E-state index in [1.165, 1.54) is 24.3 Å². The van der Waals surface area contributed by atoms with Crippen LogP contribution in [0.15, 0.2) is 52.9 Å². The predicted octanol–water partition coefficient (Wildman–Crippen LogP) is 3.27. The molecular weight excluding hydrogens is 381 g/mol. The van der Waals surface area contributed by atoms with E-state index >= 15 is 0 Å². The maximum Gasteiger partial charge on any atom is 0.310 e. The molecule has 0 bridgehead atoms. The molecule has 8 nitrogen and oxygen atoms in total. The summed E-state index contributed by atoms with van der Waals surface area (Å²) in [5.41, 5.74) is 1.09. The van der Waals surface area contributed by atoms with E-state index in [0.717, 1.165) is 0 Å². The zero-order valence-corrected chi connectivity index (χ0v) is 15.3. The number of amides is 1. The molecule has 4 rings (SSSR count). The van der Waals surface area contributed by atoms with Crippen molar-refractivity contribution in [2.45, 2.75) is 25.6 Å². The van der Waals surface area contributed by atoms with Crippen LogP contribution in [-0.2, 0) is 14.3 Å². The number of hydrogen-bond acceptors (Lipinski definition) is 7. The van der Waals surface area contributed by atoms with Crippen molar-refractivity contribution in [3.05, 3.63) is 60.2 Å². The lowest BCUT2D eigenvalue weighted by Gasteiger charge is -2.25. The second kappa shape index (κ2) is 7.70. The molecule has 3 aromatic rings. The van der Waals surface area contributed by atoms with Gasteiger partial charge in [0.25, 0.3) is 11.8 Å². The Morgan fingerprint density at radius 3 is 2.76 bits per heavy atom. The Bertz CT molecular complexity index is 1050. The zero-order chi connectivity index (χ0) is 20.4. The molecule has 2 aromatic carbocycles. The highest BCUT2D eigenvalue weighted by Crippen LogP contribution is 2.30. The number of fused-ring (bicyclic) bond motifs is 1. The lowest BCUT2D eigenvalue weighted by molar-refractivity contribution is -0.153. The third kappa shape index (κ3) is 4.08. The number of esters is 1. The number of aromatic nitrogens is 2. The van der Waals surface area contributed by atoms with Crippen molar-refractivity contribution in [3.8, 4) is 17.2 Å². The minimum atomic E-state index is -0.998. The minimum absolute atomic E-state index is 0.0806. The van der Waals surface area contributed by atoms with Gasteiger partial charge in [-0.05, 0) is 43.3 Å². The first kappa shape index (κ1) is 18.6. The van der Waals surface area contributed by atoms with Gasteiger partial charge in [-0.2, -0.15) is 0 Å².